The molecule has 3 heterocycles. The van der Waals surface area contributed by atoms with Crippen molar-refractivity contribution in [3.8, 4) is 0 Å². The van der Waals surface area contributed by atoms with Gasteiger partial charge in [0.05, 0.1) is 37.5 Å². The van der Waals surface area contributed by atoms with Gasteiger partial charge in [-0.25, -0.2) is 4.98 Å². The van der Waals surface area contributed by atoms with Gasteiger partial charge in [-0.05, 0) is 12.1 Å². The minimum Gasteiger partial charge on any atom is -0.390 e. The maximum Gasteiger partial charge on any atom is 0.158 e. The van der Waals surface area contributed by atoms with Crippen molar-refractivity contribution in [3.63, 3.8) is 0 Å². The van der Waals surface area contributed by atoms with E-state index < -0.39 is 0 Å². The Labute approximate surface area is 122 Å². The van der Waals surface area contributed by atoms with Crippen LogP contribution < -0.4 is 5.32 Å². The Balaban J connectivity index is 1.74. The molecule has 21 heavy (non-hydrogen) atoms. The topological polar surface area (TPSA) is 95.9 Å². The summed E-state index contributed by atoms with van der Waals surface area (Å²) in [7, 11) is 0. The van der Waals surface area contributed by atoms with E-state index in [2.05, 4.69) is 25.5 Å². The lowest BCUT2D eigenvalue weighted by molar-refractivity contribution is 0.191. The molecule has 0 aliphatic carbocycles. The van der Waals surface area contributed by atoms with Gasteiger partial charge >= 0.3 is 0 Å². The lowest BCUT2D eigenvalue weighted by Gasteiger charge is -2.18. The number of nitrogens with zero attached hydrogens (tertiary/aromatic N) is 3. The molecule has 1 aliphatic rings. The molecule has 7 nitrogen and oxygen atoms in total. The largest absolute Gasteiger partial charge is 0.390 e. The molecule has 1 fully saturated rings. The molecule has 0 aromatic carbocycles. The van der Waals surface area contributed by atoms with Crippen molar-refractivity contribution in [2.24, 2.45) is 0 Å². The van der Waals surface area contributed by atoms with Crippen molar-refractivity contribution < 1.29 is 9.84 Å². The molecule has 1 saturated heterocycles. The highest BCUT2D eigenvalue weighted by Gasteiger charge is 2.32. The first-order chi connectivity index (χ1) is 10.3. The molecule has 0 amide bonds. The van der Waals surface area contributed by atoms with E-state index in [-0.39, 0.29) is 18.6 Å². The number of ether oxygens (including phenoxy) is 1. The van der Waals surface area contributed by atoms with Crippen molar-refractivity contribution in [2.75, 3.05) is 18.5 Å². The van der Waals surface area contributed by atoms with Crippen molar-refractivity contribution >= 4 is 5.69 Å². The smallest absolute Gasteiger partial charge is 0.158 e. The molecule has 3 rings (SSSR count). The number of aryl methyl sites for hydroxylation is 1. The fourth-order valence-corrected chi connectivity index (χ4v) is 2.45. The van der Waals surface area contributed by atoms with E-state index in [1.165, 1.54) is 0 Å². The summed E-state index contributed by atoms with van der Waals surface area (Å²) in [5.41, 5.74) is 1.56. The van der Waals surface area contributed by atoms with Gasteiger partial charge in [0.1, 0.15) is 5.82 Å². The Morgan fingerprint density at radius 2 is 2.38 bits per heavy atom. The second-order valence-electron chi connectivity index (χ2n) is 5.08. The summed E-state index contributed by atoms with van der Waals surface area (Å²) < 4.78 is 5.57. The Bertz CT molecular complexity index is 601. The number of H-pyrrole nitrogens is 1. The number of pyridine rings is 1. The van der Waals surface area contributed by atoms with Crippen LogP contribution in [-0.2, 0) is 17.8 Å². The molecule has 2 aromatic heterocycles. The van der Waals surface area contributed by atoms with Gasteiger partial charge in [0.2, 0.25) is 0 Å². The van der Waals surface area contributed by atoms with Crippen molar-refractivity contribution in [3.05, 3.63) is 35.7 Å². The highest BCUT2D eigenvalue weighted by molar-refractivity contribution is 5.45. The predicted octanol–water partition coefficient (Wildman–Crippen LogP) is 0.849. The minimum atomic E-state index is -0.0686. The quantitative estimate of drug-likeness (QED) is 0.755. The van der Waals surface area contributed by atoms with Gasteiger partial charge in [-0.15, -0.1) is 0 Å². The Morgan fingerprint density at radius 1 is 1.48 bits per heavy atom. The van der Waals surface area contributed by atoms with E-state index in [0.717, 1.165) is 23.8 Å². The zero-order valence-electron chi connectivity index (χ0n) is 11.9. The number of rotatable bonds is 5. The number of anilines is 1. The van der Waals surface area contributed by atoms with Gasteiger partial charge in [-0.3, -0.25) is 10.1 Å². The highest BCUT2D eigenvalue weighted by Crippen LogP contribution is 2.26. The van der Waals surface area contributed by atoms with Crippen LogP contribution in [0.1, 0.15) is 30.2 Å². The minimum absolute atomic E-state index is 0.0686. The number of aliphatic hydroxyl groups is 1. The Hall–Kier alpha value is -1.99. The Kier molecular flexibility index (Phi) is 4.12. The standard InChI is InChI=1S/C14H19N5O2/c1-2-13-17-14(19-18-13)11-7-21-8-12(11)16-9-3-4-15-10(5-9)6-20/h3-5,11-12,20H,2,6-8H2,1H3,(H,15,16)(H,17,18,19)/t11-,12+/m1/s1. The molecule has 112 valence electrons. The van der Waals surface area contributed by atoms with Crippen LogP contribution in [0.15, 0.2) is 18.3 Å². The molecule has 0 saturated carbocycles. The molecule has 0 bridgehead atoms. The van der Waals surface area contributed by atoms with Crippen LogP contribution in [0.5, 0.6) is 0 Å². The summed E-state index contributed by atoms with van der Waals surface area (Å²) in [5, 5.41) is 19.8. The number of aromatic nitrogens is 4. The molecule has 2 aromatic rings. The highest BCUT2D eigenvalue weighted by atomic mass is 16.5. The first kappa shape index (κ1) is 14.0. The van der Waals surface area contributed by atoms with E-state index in [1.54, 1.807) is 6.20 Å². The van der Waals surface area contributed by atoms with Crippen molar-refractivity contribution in [2.45, 2.75) is 31.9 Å². The van der Waals surface area contributed by atoms with Gasteiger partial charge < -0.3 is 15.2 Å². The molecule has 0 unspecified atom stereocenters. The maximum atomic E-state index is 9.14. The lowest BCUT2D eigenvalue weighted by Crippen LogP contribution is -2.27. The van der Waals surface area contributed by atoms with Crippen LogP contribution in [0.25, 0.3) is 0 Å². The van der Waals surface area contributed by atoms with E-state index in [0.29, 0.717) is 18.9 Å². The average Bonchev–Trinajstić information content (AvgIpc) is 3.16. The molecule has 1 aliphatic heterocycles. The predicted molar refractivity (Wildman–Crippen MR) is 76.9 cm³/mol. The summed E-state index contributed by atoms with van der Waals surface area (Å²) in [6.45, 7) is 3.19. The molecular weight excluding hydrogens is 270 g/mol. The van der Waals surface area contributed by atoms with Gasteiger partial charge in [-0.1, -0.05) is 6.92 Å². The number of hydrogen-bond donors (Lipinski definition) is 3. The van der Waals surface area contributed by atoms with Crippen LogP contribution in [0, 0.1) is 0 Å². The van der Waals surface area contributed by atoms with E-state index in [4.69, 9.17) is 9.84 Å². The van der Waals surface area contributed by atoms with Crippen molar-refractivity contribution in [1.29, 1.82) is 0 Å². The Morgan fingerprint density at radius 3 is 3.14 bits per heavy atom. The van der Waals surface area contributed by atoms with Gasteiger partial charge in [0.25, 0.3) is 0 Å². The molecule has 3 N–H and O–H groups in total. The number of aliphatic hydroxyl groups excluding tert-OH is 1. The SMILES string of the molecule is CCc1nc([C@@H]2COC[C@@H]2Nc2ccnc(CO)c2)n[nH]1. The molecule has 7 heteroatoms. The van der Waals surface area contributed by atoms with Gasteiger partial charge in [0, 0.05) is 18.3 Å². The summed E-state index contributed by atoms with van der Waals surface area (Å²) in [4.78, 5) is 8.57. The number of nitrogens with one attached hydrogen (secondary N) is 2. The van der Waals surface area contributed by atoms with E-state index in [1.807, 2.05) is 19.1 Å². The van der Waals surface area contributed by atoms with E-state index in [9.17, 15) is 0 Å². The third kappa shape index (κ3) is 3.03. The average molecular weight is 289 g/mol. The monoisotopic (exact) mass is 289 g/mol. The summed E-state index contributed by atoms with van der Waals surface area (Å²) in [5.74, 6) is 1.80. The zero-order chi connectivity index (χ0) is 14.7. The van der Waals surface area contributed by atoms with Gasteiger partial charge in [0.15, 0.2) is 5.82 Å². The van der Waals surface area contributed by atoms with Crippen LogP contribution in [0.3, 0.4) is 0 Å². The second kappa shape index (κ2) is 6.19. The van der Waals surface area contributed by atoms with E-state index >= 15 is 0 Å². The second-order valence-corrected chi connectivity index (χ2v) is 5.08. The fraction of sp³-hybridized carbons (Fsp3) is 0.500. The fourth-order valence-electron chi connectivity index (χ4n) is 2.45. The normalized spacial score (nSPS) is 21.6. The molecule has 0 radical (unpaired) electrons. The maximum absolute atomic E-state index is 9.14. The molecular formula is C14H19N5O2. The van der Waals surface area contributed by atoms with Crippen LogP contribution in [0.2, 0.25) is 0 Å². The van der Waals surface area contributed by atoms with Crippen LogP contribution in [-0.4, -0.2) is 44.5 Å². The van der Waals surface area contributed by atoms with Crippen molar-refractivity contribution in [1.82, 2.24) is 20.2 Å². The summed E-state index contributed by atoms with van der Waals surface area (Å²) in [6.07, 6.45) is 2.52. The summed E-state index contributed by atoms with van der Waals surface area (Å²) >= 11 is 0. The first-order valence-corrected chi connectivity index (χ1v) is 7.11. The molecule has 0 spiro atoms. The summed E-state index contributed by atoms with van der Waals surface area (Å²) in [6, 6.07) is 3.83. The third-order valence-electron chi connectivity index (χ3n) is 3.63. The van der Waals surface area contributed by atoms with Crippen LogP contribution >= 0.6 is 0 Å². The molecule has 2 atom stereocenters. The third-order valence-corrected chi connectivity index (χ3v) is 3.63. The number of aromatic amines is 1. The lowest BCUT2D eigenvalue weighted by atomic mass is 10.0. The van der Waals surface area contributed by atoms with Gasteiger partial charge in [-0.2, -0.15) is 5.10 Å². The van der Waals surface area contributed by atoms with Crippen LogP contribution in [0.4, 0.5) is 5.69 Å². The number of hydrogen-bond acceptors (Lipinski definition) is 6. The first-order valence-electron chi connectivity index (χ1n) is 7.11. The zero-order valence-corrected chi connectivity index (χ0v) is 11.9.